The van der Waals surface area contributed by atoms with E-state index in [0.717, 1.165) is 6.08 Å². The Morgan fingerprint density at radius 1 is 1.11 bits per heavy atom. The molecule has 0 aliphatic carbocycles. The number of aromatic nitrogens is 2. The number of rotatable bonds is 6. The number of hydrogen-bond donors (Lipinski definition) is 3. The summed E-state index contributed by atoms with van der Waals surface area (Å²) in [5, 5.41) is 11.4. The minimum atomic E-state index is -4.08. The number of benzene rings is 3. The van der Waals surface area contributed by atoms with Crippen molar-refractivity contribution in [1.82, 2.24) is 9.55 Å². The van der Waals surface area contributed by atoms with Crippen LogP contribution in [0.3, 0.4) is 0 Å². The standard InChI is InChI=1S/C24H20FN5O4S/c1-15-27-21-11-2-16(14-22(21)30(15)19-7-3-17(25)4-8-19)24(32)28-18-5-9-20(10-6-18)35(33,34)29-23(26)12-13-31/h2-14,31H,1H3,(H2,26,29)(H,28,32)/b13-12-. The molecule has 0 aliphatic rings. The highest BCUT2D eigenvalue weighted by Gasteiger charge is 2.15. The number of fused-ring (bicyclic) bond motifs is 1. The molecule has 0 bridgehead atoms. The number of halogens is 1. The van der Waals surface area contributed by atoms with E-state index in [9.17, 15) is 17.6 Å². The Hall–Kier alpha value is -4.51. The Balaban J connectivity index is 1.59. The van der Waals surface area contributed by atoms with E-state index < -0.39 is 15.9 Å². The molecule has 0 aliphatic heterocycles. The van der Waals surface area contributed by atoms with Crippen LogP contribution in [-0.4, -0.2) is 34.8 Å². The number of amides is 1. The van der Waals surface area contributed by atoms with Gasteiger partial charge in [-0.25, -0.2) is 9.37 Å². The summed E-state index contributed by atoms with van der Waals surface area (Å²) in [7, 11) is -4.08. The van der Waals surface area contributed by atoms with Crippen LogP contribution in [-0.2, 0) is 10.0 Å². The van der Waals surface area contributed by atoms with Crippen LogP contribution in [0.1, 0.15) is 16.2 Å². The maximum absolute atomic E-state index is 13.4. The Labute approximate surface area is 200 Å². The Morgan fingerprint density at radius 3 is 2.46 bits per heavy atom. The van der Waals surface area contributed by atoms with Crippen LogP contribution in [0.4, 0.5) is 10.1 Å². The van der Waals surface area contributed by atoms with Gasteiger partial charge in [-0.15, -0.1) is 4.40 Å². The third kappa shape index (κ3) is 5.04. The molecular weight excluding hydrogens is 473 g/mol. The van der Waals surface area contributed by atoms with Gasteiger partial charge in [-0.2, -0.15) is 8.42 Å². The lowest BCUT2D eigenvalue weighted by Gasteiger charge is -2.09. The van der Waals surface area contributed by atoms with Crippen molar-refractivity contribution in [2.45, 2.75) is 11.8 Å². The number of imidazole rings is 1. The van der Waals surface area contributed by atoms with Gasteiger partial charge in [0.2, 0.25) is 0 Å². The van der Waals surface area contributed by atoms with Gasteiger partial charge in [0, 0.05) is 23.0 Å². The number of nitrogens with two attached hydrogens (primary N) is 1. The molecule has 35 heavy (non-hydrogen) atoms. The molecule has 0 saturated heterocycles. The molecular formula is C24H20FN5O4S. The minimum absolute atomic E-state index is 0.134. The van der Waals surface area contributed by atoms with E-state index in [1.54, 1.807) is 30.3 Å². The molecule has 1 heterocycles. The third-order valence-electron chi connectivity index (χ3n) is 5.05. The lowest BCUT2D eigenvalue weighted by Crippen LogP contribution is -2.13. The zero-order valence-corrected chi connectivity index (χ0v) is 19.2. The summed E-state index contributed by atoms with van der Waals surface area (Å²) in [5.74, 6) is -0.469. The molecule has 4 N–H and O–H groups in total. The fourth-order valence-corrected chi connectivity index (χ4v) is 4.39. The molecule has 0 atom stereocenters. The van der Waals surface area contributed by atoms with Crippen molar-refractivity contribution in [3.63, 3.8) is 0 Å². The van der Waals surface area contributed by atoms with E-state index in [2.05, 4.69) is 14.7 Å². The highest BCUT2D eigenvalue weighted by Crippen LogP contribution is 2.24. The van der Waals surface area contributed by atoms with Gasteiger partial charge in [0.1, 0.15) is 17.5 Å². The monoisotopic (exact) mass is 493 g/mol. The number of carbonyl (C=O) groups is 1. The normalized spacial score (nSPS) is 12.3. The Bertz CT molecular complexity index is 1570. The predicted molar refractivity (Wildman–Crippen MR) is 131 cm³/mol. The molecule has 178 valence electrons. The van der Waals surface area contributed by atoms with E-state index in [0.29, 0.717) is 40.1 Å². The first-order valence-corrected chi connectivity index (χ1v) is 11.7. The van der Waals surface area contributed by atoms with E-state index in [-0.39, 0.29) is 16.5 Å². The molecule has 0 radical (unpaired) electrons. The van der Waals surface area contributed by atoms with Gasteiger partial charge >= 0.3 is 0 Å². The van der Waals surface area contributed by atoms with Crippen LogP contribution >= 0.6 is 0 Å². The average Bonchev–Trinajstić information content (AvgIpc) is 3.14. The maximum atomic E-state index is 13.4. The van der Waals surface area contributed by atoms with E-state index >= 15 is 0 Å². The molecule has 0 fully saturated rings. The van der Waals surface area contributed by atoms with Crippen LogP contribution in [0.25, 0.3) is 16.7 Å². The Morgan fingerprint density at radius 2 is 1.80 bits per heavy atom. The van der Waals surface area contributed by atoms with Crippen LogP contribution in [0.2, 0.25) is 0 Å². The van der Waals surface area contributed by atoms with Crippen molar-refractivity contribution in [2.24, 2.45) is 10.1 Å². The van der Waals surface area contributed by atoms with Gasteiger partial charge in [-0.05, 0) is 73.7 Å². The molecule has 3 aromatic carbocycles. The smallest absolute Gasteiger partial charge is 0.284 e. The molecule has 0 saturated carbocycles. The van der Waals surface area contributed by atoms with Gasteiger partial charge < -0.3 is 16.2 Å². The first-order chi connectivity index (χ1) is 16.7. The lowest BCUT2D eigenvalue weighted by atomic mass is 10.1. The van der Waals surface area contributed by atoms with Gasteiger partial charge in [-0.1, -0.05) is 0 Å². The zero-order valence-electron chi connectivity index (χ0n) is 18.4. The quantitative estimate of drug-likeness (QED) is 0.212. The summed E-state index contributed by atoms with van der Waals surface area (Å²) in [5.41, 5.74) is 8.18. The largest absolute Gasteiger partial charge is 0.515 e. The number of hydrogen-bond acceptors (Lipinski definition) is 5. The van der Waals surface area contributed by atoms with Crippen molar-refractivity contribution in [1.29, 1.82) is 0 Å². The Kier molecular flexibility index (Phi) is 6.34. The summed E-state index contributed by atoms with van der Waals surface area (Å²) in [4.78, 5) is 17.2. The van der Waals surface area contributed by atoms with Crippen LogP contribution in [0.15, 0.2) is 88.4 Å². The lowest BCUT2D eigenvalue weighted by molar-refractivity contribution is 0.102. The third-order valence-corrected chi connectivity index (χ3v) is 6.37. The minimum Gasteiger partial charge on any atom is -0.515 e. The number of amidine groups is 1. The molecule has 9 nitrogen and oxygen atoms in total. The van der Waals surface area contributed by atoms with Gasteiger partial charge in [-0.3, -0.25) is 9.36 Å². The van der Waals surface area contributed by atoms with E-state index in [1.165, 1.54) is 36.4 Å². The van der Waals surface area contributed by atoms with Gasteiger partial charge in [0.15, 0.2) is 0 Å². The summed E-state index contributed by atoms with van der Waals surface area (Å²) in [6, 6.07) is 16.4. The summed E-state index contributed by atoms with van der Waals surface area (Å²) >= 11 is 0. The SMILES string of the molecule is Cc1nc2ccc(C(=O)Nc3ccc(S(=O)(=O)/N=C(N)/C=C\O)cc3)cc2n1-c1ccc(F)cc1. The second-order valence-electron chi connectivity index (χ2n) is 7.46. The first kappa shape index (κ1) is 23.6. The van der Waals surface area contributed by atoms with E-state index in [1.807, 2.05) is 11.5 Å². The molecule has 11 heteroatoms. The molecule has 0 spiro atoms. The number of anilines is 1. The van der Waals surface area contributed by atoms with Crippen molar-refractivity contribution in [3.8, 4) is 5.69 Å². The molecule has 0 unspecified atom stereocenters. The first-order valence-electron chi connectivity index (χ1n) is 10.3. The number of sulfonamides is 1. The van der Waals surface area contributed by atoms with Crippen molar-refractivity contribution in [3.05, 3.63) is 96.3 Å². The zero-order chi connectivity index (χ0) is 25.2. The summed E-state index contributed by atoms with van der Waals surface area (Å²) in [6.07, 6.45) is 1.52. The number of nitrogens with one attached hydrogen (secondary N) is 1. The van der Waals surface area contributed by atoms with Crippen LogP contribution in [0, 0.1) is 12.7 Å². The second kappa shape index (κ2) is 9.39. The van der Waals surface area contributed by atoms with Gasteiger partial charge in [0.25, 0.3) is 15.9 Å². The highest BCUT2D eigenvalue weighted by atomic mass is 32.2. The fraction of sp³-hybridized carbons (Fsp3) is 0.0417. The average molecular weight is 494 g/mol. The second-order valence-corrected chi connectivity index (χ2v) is 9.06. The predicted octanol–water partition coefficient (Wildman–Crippen LogP) is 3.84. The van der Waals surface area contributed by atoms with Gasteiger partial charge in [0.05, 0.1) is 22.2 Å². The topological polar surface area (TPSA) is 140 Å². The van der Waals surface area contributed by atoms with Crippen LogP contribution < -0.4 is 11.1 Å². The van der Waals surface area contributed by atoms with Crippen molar-refractivity contribution < 1.29 is 22.7 Å². The van der Waals surface area contributed by atoms with Crippen molar-refractivity contribution in [2.75, 3.05) is 5.32 Å². The summed E-state index contributed by atoms with van der Waals surface area (Å²) < 4.78 is 43.1. The molecule has 1 amide bonds. The molecule has 1 aromatic heterocycles. The van der Waals surface area contributed by atoms with Crippen molar-refractivity contribution >= 4 is 38.5 Å². The summed E-state index contributed by atoms with van der Waals surface area (Å²) in [6.45, 7) is 1.82. The number of aryl methyl sites for hydroxylation is 1. The number of carbonyl (C=O) groups excluding carboxylic acids is 1. The molecule has 4 rings (SSSR count). The maximum Gasteiger partial charge on any atom is 0.284 e. The number of aliphatic hydroxyl groups is 1. The fourth-order valence-electron chi connectivity index (χ4n) is 3.46. The number of nitrogens with zero attached hydrogens (tertiary/aromatic N) is 3. The number of aliphatic hydroxyl groups excluding tert-OH is 1. The highest BCUT2D eigenvalue weighted by molar-refractivity contribution is 7.90. The van der Waals surface area contributed by atoms with E-state index in [4.69, 9.17) is 10.8 Å². The van der Waals surface area contributed by atoms with Crippen LogP contribution in [0.5, 0.6) is 0 Å². The molecule has 4 aromatic rings.